The predicted octanol–water partition coefficient (Wildman–Crippen LogP) is 2.53. The quantitative estimate of drug-likeness (QED) is 0.608. The highest BCUT2D eigenvalue weighted by Gasteiger charge is 2.27. The van der Waals surface area contributed by atoms with Gasteiger partial charge in [-0.1, -0.05) is 18.2 Å². The zero-order chi connectivity index (χ0) is 21.3. The van der Waals surface area contributed by atoms with Crippen molar-refractivity contribution < 1.29 is 14.3 Å². The second-order valence-electron chi connectivity index (χ2n) is 7.18. The number of aromatic nitrogens is 4. The van der Waals surface area contributed by atoms with E-state index in [1.807, 2.05) is 43.0 Å². The lowest BCUT2D eigenvalue weighted by Crippen LogP contribution is -2.49. The Morgan fingerprint density at radius 2 is 1.77 bits per heavy atom. The van der Waals surface area contributed by atoms with Crippen LogP contribution in [-0.4, -0.2) is 64.8 Å². The molecule has 1 aliphatic heterocycles. The number of nitrogens with zero attached hydrogens (tertiary/aromatic N) is 6. The summed E-state index contributed by atoms with van der Waals surface area (Å²) < 4.78 is 31.6. The molecule has 0 N–H and O–H groups in total. The summed E-state index contributed by atoms with van der Waals surface area (Å²) in [6.45, 7) is 7.45. The summed E-state index contributed by atoms with van der Waals surface area (Å²) in [5, 5.41) is 8.36. The first-order chi connectivity index (χ1) is 14.4. The van der Waals surface area contributed by atoms with Gasteiger partial charge in [-0.3, -0.25) is 4.98 Å². The first-order valence-corrected chi connectivity index (χ1v) is 11.5. The van der Waals surface area contributed by atoms with Crippen molar-refractivity contribution >= 4 is 15.8 Å². The van der Waals surface area contributed by atoms with Crippen molar-refractivity contribution in [3.63, 3.8) is 0 Å². The summed E-state index contributed by atoms with van der Waals surface area (Å²) in [6, 6.07) is 7.81. The molecular formula is C20H26N6O3S. The van der Waals surface area contributed by atoms with Crippen molar-refractivity contribution in [3.05, 3.63) is 41.7 Å². The Bertz CT molecular complexity index is 1160. The number of rotatable bonds is 5. The summed E-state index contributed by atoms with van der Waals surface area (Å²) in [5.74, 6) is 1.53. The second kappa shape index (κ2) is 8.11. The Hall–Kier alpha value is -2.85. The molecule has 30 heavy (non-hydrogen) atoms. The summed E-state index contributed by atoms with van der Waals surface area (Å²) in [6.07, 6.45) is 1.70. The molecule has 0 amide bonds. The predicted molar refractivity (Wildman–Crippen MR) is 116 cm³/mol. The molecule has 1 aromatic carbocycles. The van der Waals surface area contributed by atoms with E-state index in [-0.39, 0.29) is 7.18 Å². The molecule has 0 spiro atoms. The minimum absolute atomic E-state index is 0. The lowest BCUT2D eigenvalue weighted by Gasteiger charge is -2.34. The number of hydrogen-bond donors (Lipinski definition) is 0. The fourth-order valence-electron chi connectivity index (χ4n) is 3.41. The topological polar surface area (TPSA) is 105 Å². The SMILES string of the molecule is CCS(=O)(=O)N1CCN(c2cnc(C)c(-c3nnc(-c4ccccc4C)o3)n2)CC1.[HH]. The maximum atomic E-state index is 12.1. The Labute approximate surface area is 177 Å². The Kier molecular flexibility index (Phi) is 5.52. The van der Waals surface area contributed by atoms with Crippen LogP contribution in [0.5, 0.6) is 0 Å². The summed E-state index contributed by atoms with van der Waals surface area (Å²) in [5.41, 5.74) is 3.14. The fraction of sp³-hybridized carbons (Fsp3) is 0.400. The molecule has 0 bridgehead atoms. The van der Waals surface area contributed by atoms with E-state index in [1.54, 1.807) is 13.1 Å². The van der Waals surface area contributed by atoms with Gasteiger partial charge in [0.2, 0.25) is 15.9 Å². The van der Waals surface area contributed by atoms with Crippen molar-refractivity contribution in [1.82, 2.24) is 24.5 Å². The van der Waals surface area contributed by atoms with Gasteiger partial charge in [0.25, 0.3) is 5.89 Å². The van der Waals surface area contributed by atoms with Crippen LogP contribution >= 0.6 is 0 Å². The smallest absolute Gasteiger partial charge is 0.268 e. The second-order valence-corrected chi connectivity index (χ2v) is 9.43. The Balaban J connectivity index is 0.00000272. The van der Waals surface area contributed by atoms with Gasteiger partial charge < -0.3 is 9.32 Å². The third-order valence-corrected chi connectivity index (χ3v) is 7.15. The van der Waals surface area contributed by atoms with Gasteiger partial charge in [0.05, 0.1) is 17.6 Å². The first kappa shape index (κ1) is 20.4. The number of benzene rings is 1. The van der Waals surface area contributed by atoms with E-state index in [9.17, 15) is 8.42 Å². The van der Waals surface area contributed by atoms with Crippen LogP contribution in [0.25, 0.3) is 23.0 Å². The molecule has 0 aliphatic carbocycles. The molecule has 2 aromatic heterocycles. The maximum absolute atomic E-state index is 12.1. The lowest BCUT2D eigenvalue weighted by molar-refractivity contribution is 0.384. The Morgan fingerprint density at radius 1 is 1.07 bits per heavy atom. The van der Waals surface area contributed by atoms with E-state index in [2.05, 4.69) is 15.2 Å². The van der Waals surface area contributed by atoms with E-state index in [1.165, 1.54) is 4.31 Å². The van der Waals surface area contributed by atoms with Gasteiger partial charge in [-0.05, 0) is 32.4 Å². The molecule has 0 unspecified atom stereocenters. The number of anilines is 1. The summed E-state index contributed by atoms with van der Waals surface area (Å²) >= 11 is 0. The molecule has 3 heterocycles. The standard InChI is InChI=1S/C20H24N6O3S.H2/c1-4-30(27,28)26-11-9-25(10-12-26)17-13-21-15(3)18(22-17)20-24-23-19(29-20)16-8-6-5-7-14(16)2;/h5-8,13H,4,9-12H2,1-3H3;1H. The van der Waals surface area contributed by atoms with Crippen LogP contribution in [0.15, 0.2) is 34.9 Å². The van der Waals surface area contributed by atoms with Gasteiger partial charge in [-0.25, -0.2) is 13.4 Å². The van der Waals surface area contributed by atoms with E-state index in [4.69, 9.17) is 9.40 Å². The van der Waals surface area contributed by atoms with Crippen LogP contribution in [0.2, 0.25) is 0 Å². The lowest BCUT2D eigenvalue weighted by atomic mass is 10.1. The van der Waals surface area contributed by atoms with Crippen LogP contribution in [0.4, 0.5) is 5.82 Å². The maximum Gasteiger partial charge on any atom is 0.268 e. The molecule has 1 aliphatic rings. The Morgan fingerprint density at radius 3 is 2.47 bits per heavy atom. The number of hydrogen-bond acceptors (Lipinski definition) is 8. The largest absolute Gasteiger partial charge is 0.415 e. The van der Waals surface area contributed by atoms with Crippen LogP contribution in [0.3, 0.4) is 0 Å². The van der Waals surface area contributed by atoms with Gasteiger partial charge in [-0.2, -0.15) is 4.31 Å². The molecule has 1 fully saturated rings. The van der Waals surface area contributed by atoms with Crippen LogP contribution in [0.1, 0.15) is 19.6 Å². The van der Waals surface area contributed by atoms with Crippen molar-refractivity contribution in [2.45, 2.75) is 20.8 Å². The van der Waals surface area contributed by atoms with E-state index < -0.39 is 10.0 Å². The number of aryl methyl sites for hydroxylation is 2. The van der Waals surface area contributed by atoms with Crippen molar-refractivity contribution in [2.75, 3.05) is 36.8 Å². The van der Waals surface area contributed by atoms with Crippen molar-refractivity contribution in [3.8, 4) is 23.0 Å². The third-order valence-electron chi connectivity index (χ3n) is 5.27. The van der Waals surface area contributed by atoms with E-state index in [0.29, 0.717) is 55.2 Å². The molecule has 0 atom stereocenters. The minimum Gasteiger partial charge on any atom is -0.415 e. The highest BCUT2D eigenvalue weighted by atomic mass is 32.2. The molecule has 10 heteroatoms. The number of sulfonamides is 1. The molecule has 9 nitrogen and oxygen atoms in total. The molecule has 0 radical (unpaired) electrons. The van der Waals surface area contributed by atoms with Gasteiger partial charge in [0.15, 0.2) is 5.69 Å². The highest BCUT2D eigenvalue weighted by Crippen LogP contribution is 2.27. The molecule has 1 saturated heterocycles. The van der Waals surface area contributed by atoms with E-state index in [0.717, 1.165) is 11.1 Å². The average Bonchev–Trinajstić information content (AvgIpc) is 3.24. The zero-order valence-corrected chi connectivity index (χ0v) is 18.1. The number of piperazine rings is 1. The zero-order valence-electron chi connectivity index (χ0n) is 17.2. The van der Waals surface area contributed by atoms with Gasteiger partial charge in [-0.15, -0.1) is 10.2 Å². The van der Waals surface area contributed by atoms with Gasteiger partial charge >= 0.3 is 0 Å². The van der Waals surface area contributed by atoms with Gasteiger partial charge in [0.1, 0.15) is 5.82 Å². The molecule has 160 valence electrons. The minimum atomic E-state index is -3.17. The highest BCUT2D eigenvalue weighted by molar-refractivity contribution is 7.89. The van der Waals surface area contributed by atoms with E-state index >= 15 is 0 Å². The third kappa shape index (κ3) is 3.92. The molecular weight excluding hydrogens is 404 g/mol. The van der Waals surface area contributed by atoms with Crippen LogP contribution in [-0.2, 0) is 10.0 Å². The van der Waals surface area contributed by atoms with Crippen LogP contribution in [0, 0.1) is 13.8 Å². The molecule has 3 aromatic rings. The molecule has 4 rings (SSSR count). The fourth-order valence-corrected chi connectivity index (χ4v) is 4.50. The average molecular weight is 431 g/mol. The molecule has 0 saturated carbocycles. The van der Waals surface area contributed by atoms with Crippen LogP contribution < -0.4 is 4.90 Å². The van der Waals surface area contributed by atoms with Crippen molar-refractivity contribution in [1.29, 1.82) is 0 Å². The normalized spacial score (nSPS) is 15.5. The first-order valence-electron chi connectivity index (χ1n) is 9.85. The summed E-state index contributed by atoms with van der Waals surface area (Å²) in [4.78, 5) is 11.2. The van der Waals surface area contributed by atoms with Crippen molar-refractivity contribution in [2.24, 2.45) is 0 Å². The summed E-state index contributed by atoms with van der Waals surface area (Å²) in [7, 11) is -3.17. The monoisotopic (exact) mass is 430 g/mol. The van der Waals surface area contributed by atoms with Gasteiger partial charge in [0, 0.05) is 33.2 Å².